The lowest BCUT2D eigenvalue weighted by Gasteiger charge is -2.16. The maximum absolute atomic E-state index is 9.01. The summed E-state index contributed by atoms with van der Waals surface area (Å²) >= 11 is 1.69. The van der Waals surface area contributed by atoms with Crippen LogP contribution in [0.4, 0.5) is 5.82 Å². The van der Waals surface area contributed by atoms with Crippen molar-refractivity contribution in [1.82, 2.24) is 9.97 Å². The first-order chi connectivity index (χ1) is 8.55. The number of thiophene rings is 1. The molecule has 0 fully saturated rings. The number of hydrogen-bond acceptors (Lipinski definition) is 5. The highest BCUT2D eigenvalue weighted by Crippen LogP contribution is 2.29. The Balaban J connectivity index is 2.28. The van der Waals surface area contributed by atoms with Crippen LogP contribution in [0.5, 0.6) is 0 Å². The molecule has 0 aliphatic rings. The smallest absolute Gasteiger partial charge is 0.138 e. The summed E-state index contributed by atoms with van der Waals surface area (Å²) in [5, 5.41) is 13.3. The van der Waals surface area contributed by atoms with E-state index in [9.17, 15) is 0 Å². The summed E-state index contributed by atoms with van der Waals surface area (Å²) in [4.78, 5) is 10.8. The normalized spacial score (nSPS) is 11.4. The van der Waals surface area contributed by atoms with Gasteiger partial charge in [0, 0.05) is 11.4 Å². The number of nitrogens with zero attached hydrogens (tertiary/aromatic N) is 3. The molecule has 2 aromatic rings. The van der Waals surface area contributed by atoms with Crippen molar-refractivity contribution in [2.24, 2.45) is 5.41 Å². The third-order valence-corrected chi connectivity index (χ3v) is 3.92. The Morgan fingerprint density at radius 1 is 1.44 bits per heavy atom. The molecule has 0 atom stereocenters. The van der Waals surface area contributed by atoms with Gasteiger partial charge in [0.2, 0.25) is 0 Å². The number of nitrogens with one attached hydrogen (secondary N) is 1. The lowest BCUT2D eigenvalue weighted by atomic mass is 9.96. The summed E-state index contributed by atoms with van der Waals surface area (Å²) in [6, 6.07) is 4.40. The van der Waals surface area contributed by atoms with Gasteiger partial charge in [-0.25, -0.2) is 9.97 Å². The average Bonchev–Trinajstić information content (AvgIpc) is 2.80. The molecule has 0 saturated heterocycles. The molecule has 1 N–H and O–H groups in total. The van der Waals surface area contributed by atoms with Gasteiger partial charge in [0.25, 0.3) is 0 Å². The van der Waals surface area contributed by atoms with Crippen LogP contribution in [-0.2, 0) is 6.42 Å². The van der Waals surface area contributed by atoms with Gasteiger partial charge in [-0.3, -0.25) is 0 Å². The van der Waals surface area contributed by atoms with E-state index in [1.165, 1.54) is 4.88 Å². The fourth-order valence-electron chi connectivity index (χ4n) is 1.56. The molecule has 2 heterocycles. The third kappa shape index (κ3) is 2.59. The molecule has 0 saturated carbocycles. The lowest BCUT2D eigenvalue weighted by molar-refractivity contribution is 0.528. The van der Waals surface area contributed by atoms with Gasteiger partial charge in [0.05, 0.1) is 16.9 Å². The van der Waals surface area contributed by atoms with Gasteiger partial charge >= 0.3 is 0 Å². The minimum absolute atomic E-state index is 0.402. The topological polar surface area (TPSA) is 61.6 Å². The fraction of sp³-hybridized carbons (Fsp3) is 0.462. The molecule has 0 aliphatic carbocycles. The maximum atomic E-state index is 9.01. The molecule has 0 aliphatic heterocycles. The van der Waals surface area contributed by atoms with Crippen LogP contribution in [0.15, 0.2) is 12.4 Å². The molecule has 0 amide bonds. The molecule has 0 unspecified atom stereocenters. The standard InChI is InChI=1S/C13H16N4S/c1-4-9-5-10-11(15-7-13(2,3)6-14)16-8-17-12(10)18-9/h5,8H,4,7H2,1-3H3,(H,15,16,17). The lowest BCUT2D eigenvalue weighted by Crippen LogP contribution is -2.21. The Morgan fingerprint density at radius 3 is 2.89 bits per heavy atom. The van der Waals surface area contributed by atoms with E-state index in [4.69, 9.17) is 5.26 Å². The average molecular weight is 260 g/mol. The largest absolute Gasteiger partial charge is 0.368 e. The predicted molar refractivity (Wildman–Crippen MR) is 74.7 cm³/mol. The van der Waals surface area contributed by atoms with Gasteiger partial charge in [-0.1, -0.05) is 6.92 Å². The fourth-order valence-corrected chi connectivity index (χ4v) is 2.50. The van der Waals surface area contributed by atoms with Crippen molar-refractivity contribution in [3.05, 3.63) is 17.3 Å². The minimum atomic E-state index is -0.402. The van der Waals surface area contributed by atoms with Crippen LogP contribution in [0.1, 0.15) is 25.6 Å². The first-order valence-corrected chi connectivity index (χ1v) is 6.76. The second-order valence-corrected chi connectivity index (χ2v) is 5.97. The highest BCUT2D eigenvalue weighted by molar-refractivity contribution is 7.18. The molecule has 0 bridgehead atoms. The van der Waals surface area contributed by atoms with Crippen molar-refractivity contribution < 1.29 is 0 Å². The van der Waals surface area contributed by atoms with Crippen LogP contribution >= 0.6 is 11.3 Å². The van der Waals surface area contributed by atoms with E-state index < -0.39 is 5.41 Å². The zero-order chi connectivity index (χ0) is 13.2. The molecule has 94 valence electrons. The predicted octanol–water partition coefficient (Wildman–Crippen LogP) is 3.22. The van der Waals surface area contributed by atoms with E-state index in [-0.39, 0.29) is 0 Å². The molecule has 5 heteroatoms. The van der Waals surface area contributed by atoms with Gasteiger partial charge in [-0.15, -0.1) is 11.3 Å². The molecule has 0 radical (unpaired) electrons. The van der Waals surface area contributed by atoms with E-state index in [0.29, 0.717) is 6.54 Å². The van der Waals surface area contributed by atoms with Crippen molar-refractivity contribution in [3.8, 4) is 6.07 Å². The van der Waals surface area contributed by atoms with Crippen molar-refractivity contribution in [2.75, 3.05) is 11.9 Å². The van der Waals surface area contributed by atoms with Crippen LogP contribution in [0, 0.1) is 16.7 Å². The Kier molecular flexibility index (Phi) is 3.48. The van der Waals surface area contributed by atoms with E-state index in [1.54, 1.807) is 17.7 Å². The number of anilines is 1. The number of fused-ring (bicyclic) bond motifs is 1. The van der Waals surface area contributed by atoms with Gasteiger partial charge < -0.3 is 5.32 Å². The Morgan fingerprint density at radius 2 is 2.22 bits per heavy atom. The van der Waals surface area contributed by atoms with Crippen molar-refractivity contribution in [3.63, 3.8) is 0 Å². The summed E-state index contributed by atoms with van der Waals surface area (Å²) in [5.41, 5.74) is -0.402. The Labute approximate surface area is 111 Å². The quantitative estimate of drug-likeness (QED) is 0.917. The maximum Gasteiger partial charge on any atom is 0.138 e. The zero-order valence-electron chi connectivity index (χ0n) is 10.8. The number of hydrogen-bond donors (Lipinski definition) is 1. The van der Waals surface area contributed by atoms with Crippen LogP contribution in [-0.4, -0.2) is 16.5 Å². The van der Waals surface area contributed by atoms with E-state index in [1.807, 2.05) is 13.8 Å². The molecule has 4 nitrogen and oxygen atoms in total. The Hall–Kier alpha value is -1.67. The van der Waals surface area contributed by atoms with Crippen LogP contribution in [0.3, 0.4) is 0 Å². The number of aromatic nitrogens is 2. The third-order valence-electron chi connectivity index (χ3n) is 2.73. The number of nitriles is 1. The van der Waals surface area contributed by atoms with Gasteiger partial charge in [0.1, 0.15) is 17.0 Å². The SMILES string of the molecule is CCc1cc2c(NCC(C)(C)C#N)ncnc2s1. The Bertz CT molecular complexity index is 595. The first-order valence-electron chi connectivity index (χ1n) is 5.94. The summed E-state index contributed by atoms with van der Waals surface area (Å²) in [6.07, 6.45) is 2.57. The molecule has 18 heavy (non-hydrogen) atoms. The molecule has 0 spiro atoms. The first kappa shape index (κ1) is 12.8. The van der Waals surface area contributed by atoms with Crippen LogP contribution in [0.2, 0.25) is 0 Å². The zero-order valence-corrected chi connectivity index (χ0v) is 11.6. The van der Waals surface area contributed by atoms with Gasteiger partial charge in [-0.05, 0) is 26.3 Å². The number of rotatable bonds is 4. The van der Waals surface area contributed by atoms with Crippen molar-refractivity contribution in [2.45, 2.75) is 27.2 Å². The van der Waals surface area contributed by atoms with Crippen molar-refractivity contribution >= 4 is 27.4 Å². The van der Waals surface area contributed by atoms with Crippen LogP contribution < -0.4 is 5.32 Å². The van der Waals surface area contributed by atoms with E-state index >= 15 is 0 Å². The molecular weight excluding hydrogens is 244 g/mol. The monoisotopic (exact) mass is 260 g/mol. The highest BCUT2D eigenvalue weighted by Gasteiger charge is 2.17. The van der Waals surface area contributed by atoms with Crippen molar-refractivity contribution in [1.29, 1.82) is 5.26 Å². The minimum Gasteiger partial charge on any atom is -0.368 e. The molecule has 2 aromatic heterocycles. The summed E-state index contributed by atoms with van der Waals surface area (Å²) in [5.74, 6) is 0.819. The van der Waals surface area contributed by atoms with Crippen LogP contribution in [0.25, 0.3) is 10.2 Å². The van der Waals surface area contributed by atoms with Gasteiger partial charge in [0.15, 0.2) is 0 Å². The highest BCUT2D eigenvalue weighted by atomic mass is 32.1. The summed E-state index contributed by atoms with van der Waals surface area (Å²) in [7, 11) is 0. The van der Waals surface area contributed by atoms with E-state index in [2.05, 4.69) is 34.3 Å². The molecule has 0 aromatic carbocycles. The second-order valence-electron chi connectivity index (χ2n) is 4.86. The summed E-state index contributed by atoms with van der Waals surface area (Å²) in [6.45, 7) is 6.52. The van der Waals surface area contributed by atoms with E-state index in [0.717, 1.165) is 22.5 Å². The number of aryl methyl sites for hydroxylation is 1. The molecule has 2 rings (SSSR count). The second kappa shape index (κ2) is 4.91. The summed E-state index contributed by atoms with van der Waals surface area (Å²) < 4.78 is 0. The van der Waals surface area contributed by atoms with Gasteiger partial charge in [-0.2, -0.15) is 5.26 Å². The molecular formula is C13H16N4S.